The lowest BCUT2D eigenvalue weighted by Gasteiger charge is -2.08. The third-order valence-electron chi connectivity index (χ3n) is 2.04. The van der Waals surface area contributed by atoms with Gasteiger partial charge < -0.3 is 15.2 Å². The number of hydrogen-bond acceptors (Lipinski definition) is 5. The van der Waals surface area contributed by atoms with E-state index in [1.165, 1.54) is 11.3 Å². The molecule has 0 amide bonds. The van der Waals surface area contributed by atoms with Gasteiger partial charge >= 0.3 is 5.97 Å². The van der Waals surface area contributed by atoms with E-state index >= 15 is 0 Å². The quantitative estimate of drug-likeness (QED) is 0.752. The van der Waals surface area contributed by atoms with Gasteiger partial charge in [0.05, 0.1) is 18.9 Å². The number of carbonyl (C=O) groups excluding carboxylic acids is 1. The molecule has 1 aromatic rings. The van der Waals surface area contributed by atoms with Crippen LogP contribution in [0, 0.1) is 0 Å². The van der Waals surface area contributed by atoms with Crippen LogP contribution in [0.1, 0.15) is 16.1 Å². The van der Waals surface area contributed by atoms with Gasteiger partial charge in [0, 0.05) is 6.42 Å². The first-order chi connectivity index (χ1) is 6.77. The number of nitrogen functional groups attached to an aromatic ring is 1. The number of ether oxygens (including phenoxy) is 2. The second-order valence-electron chi connectivity index (χ2n) is 3.10. The SMILES string of the molecule is Nc1ccsc1C(=O)OC1CCOC1. The van der Waals surface area contributed by atoms with Crippen LogP contribution in [0.25, 0.3) is 0 Å². The molecule has 1 atom stereocenters. The van der Waals surface area contributed by atoms with Crippen LogP contribution in [0.4, 0.5) is 5.69 Å². The second-order valence-corrected chi connectivity index (χ2v) is 4.01. The maximum atomic E-state index is 11.5. The summed E-state index contributed by atoms with van der Waals surface area (Å²) in [4.78, 5) is 12.0. The Hall–Kier alpha value is -1.07. The summed E-state index contributed by atoms with van der Waals surface area (Å²) < 4.78 is 10.3. The van der Waals surface area contributed by atoms with Gasteiger partial charge in [-0.3, -0.25) is 0 Å². The van der Waals surface area contributed by atoms with Crippen LogP contribution < -0.4 is 5.73 Å². The number of esters is 1. The summed E-state index contributed by atoms with van der Waals surface area (Å²) in [5, 5.41) is 1.77. The van der Waals surface area contributed by atoms with Gasteiger partial charge in [0.25, 0.3) is 0 Å². The predicted molar refractivity (Wildman–Crippen MR) is 53.4 cm³/mol. The molecular weight excluding hydrogens is 202 g/mol. The average molecular weight is 213 g/mol. The zero-order valence-corrected chi connectivity index (χ0v) is 8.38. The first-order valence-electron chi connectivity index (χ1n) is 4.39. The van der Waals surface area contributed by atoms with E-state index in [0.717, 1.165) is 6.42 Å². The average Bonchev–Trinajstić information content (AvgIpc) is 2.75. The largest absolute Gasteiger partial charge is 0.456 e. The van der Waals surface area contributed by atoms with Crippen molar-refractivity contribution in [3.8, 4) is 0 Å². The van der Waals surface area contributed by atoms with Crippen LogP contribution in [0.2, 0.25) is 0 Å². The second kappa shape index (κ2) is 3.98. The van der Waals surface area contributed by atoms with Crippen molar-refractivity contribution < 1.29 is 14.3 Å². The van der Waals surface area contributed by atoms with Crippen LogP contribution >= 0.6 is 11.3 Å². The molecule has 0 aromatic carbocycles. The van der Waals surface area contributed by atoms with Crippen molar-refractivity contribution in [1.29, 1.82) is 0 Å². The number of carbonyl (C=O) groups is 1. The van der Waals surface area contributed by atoms with E-state index in [2.05, 4.69) is 0 Å². The number of hydrogen-bond donors (Lipinski definition) is 1. The molecule has 2 N–H and O–H groups in total. The highest BCUT2D eigenvalue weighted by atomic mass is 32.1. The molecule has 0 radical (unpaired) electrons. The monoisotopic (exact) mass is 213 g/mol. The van der Waals surface area contributed by atoms with E-state index in [1.54, 1.807) is 11.4 Å². The van der Waals surface area contributed by atoms with Crippen molar-refractivity contribution in [2.24, 2.45) is 0 Å². The van der Waals surface area contributed by atoms with E-state index in [4.69, 9.17) is 15.2 Å². The van der Waals surface area contributed by atoms with Crippen molar-refractivity contribution in [2.75, 3.05) is 18.9 Å². The third-order valence-corrected chi connectivity index (χ3v) is 2.95. The molecule has 5 heteroatoms. The Bertz CT molecular complexity index is 331. The van der Waals surface area contributed by atoms with E-state index in [1.807, 2.05) is 0 Å². The van der Waals surface area contributed by atoms with Crippen molar-refractivity contribution in [1.82, 2.24) is 0 Å². The summed E-state index contributed by atoms with van der Waals surface area (Å²) >= 11 is 1.30. The van der Waals surface area contributed by atoms with Gasteiger partial charge in [0.15, 0.2) is 0 Å². The predicted octanol–water partition coefficient (Wildman–Crippen LogP) is 1.28. The zero-order chi connectivity index (χ0) is 9.97. The van der Waals surface area contributed by atoms with Gasteiger partial charge in [-0.15, -0.1) is 11.3 Å². The molecule has 14 heavy (non-hydrogen) atoms. The highest BCUT2D eigenvalue weighted by molar-refractivity contribution is 7.12. The summed E-state index contributed by atoms with van der Waals surface area (Å²) in [7, 11) is 0. The first kappa shape index (κ1) is 9.48. The molecule has 0 aliphatic carbocycles. The molecule has 1 saturated heterocycles. The number of anilines is 1. The molecule has 2 heterocycles. The lowest BCUT2D eigenvalue weighted by molar-refractivity contribution is 0.0277. The van der Waals surface area contributed by atoms with Crippen molar-refractivity contribution in [3.63, 3.8) is 0 Å². The molecule has 1 unspecified atom stereocenters. The number of nitrogens with two attached hydrogens (primary N) is 1. The Kier molecular flexibility index (Phi) is 2.69. The summed E-state index contributed by atoms with van der Waals surface area (Å²) in [5.41, 5.74) is 6.08. The van der Waals surface area contributed by atoms with Gasteiger partial charge in [-0.05, 0) is 11.4 Å². The van der Waals surface area contributed by atoms with Crippen molar-refractivity contribution in [2.45, 2.75) is 12.5 Å². The molecular formula is C9H11NO3S. The highest BCUT2D eigenvalue weighted by Gasteiger charge is 2.22. The number of thiophene rings is 1. The Balaban J connectivity index is 1.98. The van der Waals surface area contributed by atoms with E-state index in [9.17, 15) is 4.79 Å². The van der Waals surface area contributed by atoms with E-state index < -0.39 is 0 Å². The molecule has 1 aliphatic rings. The first-order valence-corrected chi connectivity index (χ1v) is 5.27. The molecule has 0 spiro atoms. The highest BCUT2D eigenvalue weighted by Crippen LogP contribution is 2.21. The fraction of sp³-hybridized carbons (Fsp3) is 0.444. The molecule has 1 fully saturated rings. The summed E-state index contributed by atoms with van der Waals surface area (Å²) in [6.07, 6.45) is 0.667. The Labute approximate surface area is 85.6 Å². The normalized spacial score (nSPS) is 21.0. The van der Waals surface area contributed by atoms with Gasteiger partial charge in [-0.25, -0.2) is 4.79 Å². The van der Waals surface area contributed by atoms with Crippen LogP contribution in [0.15, 0.2) is 11.4 Å². The standard InChI is InChI=1S/C9H11NO3S/c10-7-2-4-14-8(7)9(11)13-6-1-3-12-5-6/h2,4,6H,1,3,5,10H2. The van der Waals surface area contributed by atoms with Crippen LogP contribution in [-0.2, 0) is 9.47 Å². The van der Waals surface area contributed by atoms with Gasteiger partial charge in [0.1, 0.15) is 11.0 Å². The molecule has 2 rings (SSSR count). The minimum absolute atomic E-state index is 0.107. The molecule has 4 nitrogen and oxygen atoms in total. The van der Waals surface area contributed by atoms with Gasteiger partial charge in [-0.1, -0.05) is 0 Å². The van der Waals surface area contributed by atoms with Gasteiger partial charge in [0.2, 0.25) is 0 Å². The fourth-order valence-electron chi connectivity index (χ4n) is 1.30. The van der Waals surface area contributed by atoms with Gasteiger partial charge in [-0.2, -0.15) is 0 Å². The summed E-state index contributed by atoms with van der Waals surface area (Å²) in [5.74, 6) is -0.340. The smallest absolute Gasteiger partial charge is 0.350 e. The van der Waals surface area contributed by atoms with Crippen LogP contribution in [0.3, 0.4) is 0 Å². The zero-order valence-electron chi connectivity index (χ0n) is 7.56. The molecule has 0 saturated carbocycles. The van der Waals surface area contributed by atoms with Crippen molar-refractivity contribution in [3.05, 3.63) is 16.3 Å². The lowest BCUT2D eigenvalue weighted by atomic mass is 10.3. The molecule has 1 aliphatic heterocycles. The lowest BCUT2D eigenvalue weighted by Crippen LogP contribution is -2.17. The third kappa shape index (κ3) is 1.88. The van der Waals surface area contributed by atoms with Crippen LogP contribution in [-0.4, -0.2) is 25.3 Å². The van der Waals surface area contributed by atoms with E-state index in [0.29, 0.717) is 23.8 Å². The Morgan fingerprint density at radius 1 is 1.71 bits per heavy atom. The van der Waals surface area contributed by atoms with Crippen molar-refractivity contribution >= 4 is 23.0 Å². The maximum Gasteiger partial charge on any atom is 0.350 e. The molecule has 76 valence electrons. The minimum Gasteiger partial charge on any atom is -0.456 e. The van der Waals surface area contributed by atoms with Crippen LogP contribution in [0.5, 0.6) is 0 Å². The number of rotatable bonds is 2. The minimum atomic E-state index is -0.340. The topological polar surface area (TPSA) is 61.6 Å². The molecule has 1 aromatic heterocycles. The molecule has 0 bridgehead atoms. The summed E-state index contributed by atoms with van der Waals surface area (Å²) in [6, 6.07) is 1.70. The van der Waals surface area contributed by atoms with E-state index in [-0.39, 0.29) is 12.1 Å². The maximum absolute atomic E-state index is 11.5. The Morgan fingerprint density at radius 2 is 2.57 bits per heavy atom. The Morgan fingerprint density at radius 3 is 3.14 bits per heavy atom. The fourth-order valence-corrected chi connectivity index (χ4v) is 1.99. The summed E-state index contributed by atoms with van der Waals surface area (Å²) in [6.45, 7) is 1.16.